The maximum atomic E-state index is 12.8. The minimum absolute atomic E-state index is 0.0301. The third-order valence-corrected chi connectivity index (χ3v) is 4.67. The zero-order valence-electron chi connectivity index (χ0n) is 14.0. The molecule has 3 rings (SSSR count). The number of rotatable bonds is 6. The fourth-order valence-corrected chi connectivity index (χ4v) is 3.00. The van der Waals surface area contributed by atoms with Gasteiger partial charge in [-0.05, 0) is 24.3 Å². The van der Waals surface area contributed by atoms with Crippen LogP contribution < -0.4 is 5.32 Å². The normalized spacial score (nSPS) is 11.5. The average molecular weight is 411 g/mol. The van der Waals surface area contributed by atoms with Gasteiger partial charge in [0.2, 0.25) is 5.91 Å². The number of nitro benzene ring substituents is 1. The highest BCUT2D eigenvalue weighted by molar-refractivity contribution is 8.00. The largest absolute Gasteiger partial charge is 0.417 e. The summed E-state index contributed by atoms with van der Waals surface area (Å²) in [5.74, 6) is -0.176. The molecule has 0 bridgehead atoms. The van der Waals surface area contributed by atoms with Crippen LogP contribution in [-0.4, -0.2) is 31.2 Å². The zero-order chi connectivity index (χ0) is 20.3. The molecule has 0 aliphatic carbocycles. The Morgan fingerprint density at radius 3 is 2.54 bits per heavy atom. The SMILES string of the molecule is O=C(CSc1ccc([N+](=O)[O-])cc1)NCc1nnc2ccc(C(F)(F)F)cn12. The Morgan fingerprint density at radius 2 is 1.89 bits per heavy atom. The molecule has 2 aromatic heterocycles. The number of thioether (sulfide) groups is 1. The van der Waals surface area contributed by atoms with Crippen molar-refractivity contribution in [3.8, 4) is 0 Å². The van der Waals surface area contributed by atoms with E-state index in [4.69, 9.17) is 0 Å². The van der Waals surface area contributed by atoms with Crippen LogP contribution in [0, 0.1) is 10.1 Å². The Balaban J connectivity index is 1.59. The van der Waals surface area contributed by atoms with Gasteiger partial charge in [0.15, 0.2) is 11.5 Å². The van der Waals surface area contributed by atoms with Gasteiger partial charge in [-0.3, -0.25) is 19.3 Å². The standard InChI is InChI=1S/C16H12F3N5O3S/c17-16(18,19)10-1-6-13-21-22-14(23(13)8-10)7-20-15(25)9-28-12-4-2-11(3-5-12)24(26)27/h1-6,8H,7,9H2,(H,20,25). The van der Waals surface area contributed by atoms with Gasteiger partial charge in [0.25, 0.3) is 5.69 Å². The molecule has 1 amide bonds. The highest BCUT2D eigenvalue weighted by Crippen LogP contribution is 2.29. The summed E-state index contributed by atoms with van der Waals surface area (Å²) in [4.78, 5) is 22.7. The van der Waals surface area contributed by atoms with Gasteiger partial charge in [-0.15, -0.1) is 22.0 Å². The van der Waals surface area contributed by atoms with Crippen LogP contribution in [0.5, 0.6) is 0 Å². The summed E-state index contributed by atoms with van der Waals surface area (Å²) in [6, 6.07) is 7.84. The lowest BCUT2D eigenvalue weighted by Gasteiger charge is -2.08. The number of halogens is 3. The van der Waals surface area contributed by atoms with Crippen molar-refractivity contribution in [3.63, 3.8) is 0 Å². The van der Waals surface area contributed by atoms with Gasteiger partial charge in [0.1, 0.15) is 0 Å². The van der Waals surface area contributed by atoms with Crippen molar-refractivity contribution in [1.82, 2.24) is 19.9 Å². The van der Waals surface area contributed by atoms with Crippen LogP contribution in [0.2, 0.25) is 0 Å². The van der Waals surface area contributed by atoms with E-state index in [0.29, 0.717) is 4.90 Å². The van der Waals surface area contributed by atoms with Gasteiger partial charge >= 0.3 is 6.18 Å². The topological polar surface area (TPSA) is 102 Å². The predicted octanol–water partition coefficient (Wildman–Crippen LogP) is 3.06. The highest BCUT2D eigenvalue weighted by atomic mass is 32.2. The second-order valence-electron chi connectivity index (χ2n) is 5.58. The minimum Gasteiger partial charge on any atom is -0.348 e. The Morgan fingerprint density at radius 1 is 1.18 bits per heavy atom. The van der Waals surface area contributed by atoms with Crippen molar-refractivity contribution in [2.24, 2.45) is 0 Å². The van der Waals surface area contributed by atoms with Crippen LogP contribution >= 0.6 is 11.8 Å². The van der Waals surface area contributed by atoms with E-state index < -0.39 is 16.7 Å². The third kappa shape index (κ3) is 4.57. The molecule has 0 saturated heterocycles. The molecule has 0 fully saturated rings. The van der Waals surface area contributed by atoms with Gasteiger partial charge in [-0.2, -0.15) is 13.2 Å². The first-order valence-electron chi connectivity index (χ1n) is 7.79. The Hall–Kier alpha value is -3.15. The number of fused-ring (bicyclic) bond motifs is 1. The number of nitro groups is 1. The number of aromatic nitrogens is 3. The number of amides is 1. The molecule has 0 spiro atoms. The van der Waals surface area contributed by atoms with Crippen molar-refractivity contribution in [2.45, 2.75) is 17.6 Å². The molecular weight excluding hydrogens is 399 g/mol. The van der Waals surface area contributed by atoms with Crippen LogP contribution in [-0.2, 0) is 17.5 Å². The quantitative estimate of drug-likeness (QED) is 0.380. The molecule has 0 atom stereocenters. The number of hydrogen-bond acceptors (Lipinski definition) is 6. The number of benzene rings is 1. The van der Waals surface area contributed by atoms with Crippen molar-refractivity contribution in [2.75, 3.05) is 5.75 Å². The Kier molecular flexibility index (Phi) is 5.49. The summed E-state index contributed by atoms with van der Waals surface area (Å²) in [7, 11) is 0. The second-order valence-corrected chi connectivity index (χ2v) is 6.63. The van der Waals surface area contributed by atoms with Gasteiger partial charge in [-0.1, -0.05) is 0 Å². The van der Waals surface area contributed by atoms with Crippen molar-refractivity contribution < 1.29 is 22.9 Å². The highest BCUT2D eigenvalue weighted by Gasteiger charge is 2.31. The Labute approximate surface area is 159 Å². The van der Waals surface area contributed by atoms with E-state index in [1.54, 1.807) is 0 Å². The lowest BCUT2D eigenvalue weighted by molar-refractivity contribution is -0.384. The molecule has 0 radical (unpaired) electrons. The van der Waals surface area contributed by atoms with E-state index in [9.17, 15) is 28.1 Å². The summed E-state index contributed by atoms with van der Waals surface area (Å²) >= 11 is 1.17. The van der Waals surface area contributed by atoms with Crippen LogP contribution in [0.25, 0.3) is 5.65 Å². The number of nitrogens with zero attached hydrogens (tertiary/aromatic N) is 4. The van der Waals surface area contributed by atoms with Crippen LogP contribution in [0.1, 0.15) is 11.4 Å². The number of non-ortho nitro benzene ring substituents is 1. The first kappa shape index (κ1) is 19.6. The van der Waals surface area contributed by atoms with E-state index in [0.717, 1.165) is 12.3 Å². The van der Waals surface area contributed by atoms with Gasteiger partial charge in [0.05, 0.1) is 22.8 Å². The van der Waals surface area contributed by atoms with Crippen LogP contribution in [0.4, 0.5) is 18.9 Å². The maximum absolute atomic E-state index is 12.8. The fraction of sp³-hybridized carbons (Fsp3) is 0.188. The van der Waals surface area contributed by atoms with Gasteiger partial charge < -0.3 is 5.32 Å². The predicted molar refractivity (Wildman–Crippen MR) is 93.7 cm³/mol. The zero-order valence-corrected chi connectivity index (χ0v) is 14.8. The number of carbonyl (C=O) groups excluding carboxylic acids is 1. The lowest BCUT2D eigenvalue weighted by Crippen LogP contribution is -2.25. The molecule has 3 aromatic rings. The molecule has 146 valence electrons. The molecule has 0 saturated carbocycles. The molecule has 1 aromatic carbocycles. The number of nitrogens with one attached hydrogen (secondary N) is 1. The average Bonchev–Trinajstić information content (AvgIpc) is 3.06. The number of alkyl halides is 3. The first-order valence-corrected chi connectivity index (χ1v) is 8.77. The van der Waals surface area contributed by atoms with Crippen molar-refractivity contribution in [3.05, 3.63) is 64.1 Å². The number of hydrogen-bond donors (Lipinski definition) is 1. The van der Waals surface area contributed by atoms with Gasteiger partial charge in [-0.25, -0.2) is 0 Å². The number of pyridine rings is 1. The van der Waals surface area contributed by atoms with Gasteiger partial charge in [0, 0.05) is 23.2 Å². The smallest absolute Gasteiger partial charge is 0.348 e. The summed E-state index contributed by atoms with van der Waals surface area (Å²) in [5, 5.41) is 20.7. The molecule has 1 N–H and O–H groups in total. The molecule has 28 heavy (non-hydrogen) atoms. The molecule has 0 unspecified atom stereocenters. The maximum Gasteiger partial charge on any atom is 0.417 e. The molecule has 0 aliphatic rings. The monoisotopic (exact) mass is 411 g/mol. The summed E-state index contributed by atoms with van der Waals surface area (Å²) in [6.45, 7) is -0.0951. The molecular formula is C16H12F3N5O3S. The van der Waals surface area contributed by atoms with Crippen molar-refractivity contribution >= 4 is 29.0 Å². The molecule has 8 nitrogen and oxygen atoms in total. The van der Waals surface area contributed by atoms with E-state index in [1.807, 2.05) is 0 Å². The Bertz CT molecular complexity index is 1020. The van der Waals surface area contributed by atoms with Crippen molar-refractivity contribution in [1.29, 1.82) is 0 Å². The van der Waals surface area contributed by atoms with E-state index in [1.165, 1.54) is 46.5 Å². The van der Waals surface area contributed by atoms with E-state index >= 15 is 0 Å². The van der Waals surface area contributed by atoms with E-state index in [-0.39, 0.29) is 35.4 Å². The molecule has 0 aliphatic heterocycles. The summed E-state index contributed by atoms with van der Waals surface area (Å²) in [5.41, 5.74) is -0.663. The number of carbonyl (C=O) groups is 1. The summed E-state index contributed by atoms with van der Waals surface area (Å²) in [6.07, 6.45) is -3.62. The fourth-order valence-electron chi connectivity index (χ4n) is 2.27. The molecule has 12 heteroatoms. The molecule has 2 heterocycles. The van der Waals surface area contributed by atoms with Crippen LogP contribution in [0.3, 0.4) is 0 Å². The summed E-state index contributed by atoms with van der Waals surface area (Å²) < 4.78 is 39.7. The second kappa shape index (κ2) is 7.84. The first-order chi connectivity index (χ1) is 13.2. The van der Waals surface area contributed by atoms with Crippen LogP contribution in [0.15, 0.2) is 47.5 Å². The van der Waals surface area contributed by atoms with E-state index in [2.05, 4.69) is 15.5 Å². The lowest BCUT2D eigenvalue weighted by atomic mass is 10.3. The third-order valence-electron chi connectivity index (χ3n) is 3.66. The minimum atomic E-state index is -4.50.